The topological polar surface area (TPSA) is 3.88 Å². The minimum Gasteiger partial charge on any atom is -0.200 e. The van der Waals surface area contributed by atoms with Crippen LogP contribution in [0.2, 0.25) is 0 Å². The molecule has 1 nitrogen and oxygen atoms in total. The van der Waals surface area contributed by atoms with Gasteiger partial charge in [0.15, 0.2) is 6.20 Å². The summed E-state index contributed by atoms with van der Waals surface area (Å²) in [5.74, 6) is 0. The van der Waals surface area contributed by atoms with Gasteiger partial charge in [-0.3, -0.25) is 0 Å². The number of benzene rings is 3. The van der Waals surface area contributed by atoms with Crippen LogP contribution in [0.15, 0.2) is 79.0 Å². The Hall–Kier alpha value is -3.19. The maximum atomic E-state index is 2.51. The summed E-state index contributed by atoms with van der Waals surface area (Å²) in [5.41, 5.74) is 14.2. The predicted octanol–water partition coefficient (Wildman–Crippen LogP) is 7.18. The SMILES string of the molecule is Cc1cc(-c2ccccc2C)[n+](C)cc1-c1ccc2c(c1)C1(CC1)c1ccccc1C2(C)C. The van der Waals surface area contributed by atoms with E-state index >= 15 is 0 Å². The zero-order chi connectivity index (χ0) is 23.0. The van der Waals surface area contributed by atoms with Gasteiger partial charge < -0.3 is 0 Å². The molecule has 1 saturated carbocycles. The first-order valence-corrected chi connectivity index (χ1v) is 12.1. The van der Waals surface area contributed by atoms with E-state index in [2.05, 4.69) is 118 Å². The van der Waals surface area contributed by atoms with Gasteiger partial charge in [0.25, 0.3) is 0 Å². The highest BCUT2D eigenvalue weighted by Crippen LogP contribution is 2.61. The monoisotopic (exact) mass is 430 g/mol. The third-order valence-corrected chi connectivity index (χ3v) is 8.29. The van der Waals surface area contributed by atoms with E-state index in [9.17, 15) is 0 Å². The number of nitrogens with zero attached hydrogens (tertiary/aromatic N) is 1. The van der Waals surface area contributed by atoms with Gasteiger partial charge in [-0.15, -0.1) is 0 Å². The van der Waals surface area contributed by atoms with Crippen LogP contribution in [0.1, 0.15) is 60.1 Å². The Balaban J connectivity index is 1.51. The smallest absolute Gasteiger partial charge is 0.200 e. The Bertz CT molecular complexity index is 1420. The molecular formula is C32H32N+. The Morgan fingerprint density at radius 3 is 2.06 bits per heavy atom. The second-order valence-corrected chi connectivity index (χ2v) is 10.7. The summed E-state index contributed by atoms with van der Waals surface area (Å²) in [6.07, 6.45) is 4.84. The first-order chi connectivity index (χ1) is 15.8. The largest absolute Gasteiger partial charge is 0.212 e. The Labute approximate surface area is 197 Å². The van der Waals surface area contributed by atoms with Crippen LogP contribution in [0.4, 0.5) is 0 Å². The molecule has 0 unspecified atom stereocenters. The summed E-state index contributed by atoms with van der Waals surface area (Å²) >= 11 is 0. The quantitative estimate of drug-likeness (QED) is 0.297. The van der Waals surface area contributed by atoms with Crippen molar-refractivity contribution in [3.63, 3.8) is 0 Å². The molecule has 0 radical (unpaired) electrons. The van der Waals surface area contributed by atoms with E-state index in [0.717, 1.165) is 0 Å². The second-order valence-electron chi connectivity index (χ2n) is 10.7. The maximum absolute atomic E-state index is 2.51. The van der Waals surface area contributed by atoms with Gasteiger partial charge in [0.05, 0.1) is 0 Å². The van der Waals surface area contributed by atoms with E-state index < -0.39 is 0 Å². The van der Waals surface area contributed by atoms with Crippen molar-refractivity contribution >= 4 is 0 Å². The van der Waals surface area contributed by atoms with E-state index in [1.165, 1.54) is 57.5 Å². The van der Waals surface area contributed by atoms with E-state index in [-0.39, 0.29) is 10.8 Å². The van der Waals surface area contributed by atoms with Crippen LogP contribution in [-0.2, 0) is 17.9 Å². The van der Waals surface area contributed by atoms with E-state index in [1.807, 2.05) is 0 Å². The minimum atomic E-state index is 0.0344. The highest BCUT2D eigenvalue weighted by atomic mass is 14.9. The van der Waals surface area contributed by atoms with Crippen LogP contribution in [0.25, 0.3) is 22.4 Å². The van der Waals surface area contributed by atoms with E-state index in [4.69, 9.17) is 0 Å². The van der Waals surface area contributed by atoms with Crippen molar-refractivity contribution in [2.24, 2.45) is 7.05 Å². The molecule has 1 heteroatoms. The lowest BCUT2D eigenvalue weighted by atomic mass is 9.63. The van der Waals surface area contributed by atoms with Crippen LogP contribution in [0.3, 0.4) is 0 Å². The molecule has 0 atom stereocenters. The standard InChI is InChI=1S/C32H32N/c1-21-10-6-7-11-24(21)30-18-22(2)25(20-33(30)5)23-14-15-27-29(19-23)32(16-17-32)28-13-9-8-12-26(28)31(27,3)4/h6-15,18-20H,16-17H2,1-5H3/q+1. The average molecular weight is 431 g/mol. The van der Waals surface area contributed by atoms with Crippen molar-refractivity contribution in [3.05, 3.63) is 112 Å². The molecule has 0 bridgehead atoms. The lowest BCUT2D eigenvalue weighted by Gasteiger charge is -2.40. The molecule has 0 amide bonds. The number of fused-ring (bicyclic) bond motifs is 4. The number of pyridine rings is 1. The van der Waals surface area contributed by atoms with Crippen LogP contribution in [-0.4, -0.2) is 0 Å². The third kappa shape index (κ3) is 2.88. The lowest BCUT2D eigenvalue weighted by molar-refractivity contribution is -0.660. The van der Waals surface area contributed by atoms with Crippen molar-refractivity contribution < 1.29 is 4.57 Å². The van der Waals surface area contributed by atoms with Crippen molar-refractivity contribution in [1.82, 2.24) is 0 Å². The minimum absolute atomic E-state index is 0.0344. The molecule has 1 spiro atoms. The number of hydrogen-bond donors (Lipinski definition) is 0. The zero-order valence-electron chi connectivity index (χ0n) is 20.4. The van der Waals surface area contributed by atoms with Gasteiger partial charge in [-0.2, -0.15) is 0 Å². The van der Waals surface area contributed by atoms with Gasteiger partial charge in [0, 0.05) is 28.0 Å². The van der Waals surface area contributed by atoms with Gasteiger partial charge in [0.1, 0.15) is 7.05 Å². The van der Waals surface area contributed by atoms with Crippen molar-refractivity contribution in [2.75, 3.05) is 0 Å². The molecule has 0 N–H and O–H groups in total. The Morgan fingerprint density at radius 1 is 0.667 bits per heavy atom. The zero-order valence-corrected chi connectivity index (χ0v) is 20.4. The summed E-state index contributed by atoms with van der Waals surface area (Å²) < 4.78 is 2.29. The van der Waals surface area contributed by atoms with Gasteiger partial charge in [-0.05, 0) is 77.8 Å². The molecule has 164 valence electrons. The highest BCUT2D eigenvalue weighted by molar-refractivity contribution is 5.73. The number of hydrogen-bond acceptors (Lipinski definition) is 0. The Morgan fingerprint density at radius 2 is 1.33 bits per heavy atom. The van der Waals surface area contributed by atoms with Gasteiger partial charge in [0.2, 0.25) is 5.69 Å². The molecule has 2 aliphatic carbocycles. The third-order valence-electron chi connectivity index (χ3n) is 8.29. The highest BCUT2D eigenvalue weighted by Gasteiger charge is 2.53. The van der Waals surface area contributed by atoms with E-state index in [0.29, 0.717) is 0 Å². The molecule has 1 fully saturated rings. The summed E-state index contributed by atoms with van der Waals surface area (Å²) in [4.78, 5) is 0. The van der Waals surface area contributed by atoms with Crippen LogP contribution in [0, 0.1) is 13.8 Å². The molecule has 2 aliphatic rings. The molecule has 0 aliphatic heterocycles. The molecule has 1 aromatic heterocycles. The van der Waals surface area contributed by atoms with Crippen LogP contribution < -0.4 is 4.57 Å². The maximum Gasteiger partial charge on any atom is 0.212 e. The first-order valence-electron chi connectivity index (χ1n) is 12.1. The van der Waals surface area contributed by atoms with Crippen LogP contribution in [0.5, 0.6) is 0 Å². The number of aryl methyl sites for hydroxylation is 3. The summed E-state index contributed by atoms with van der Waals surface area (Å²) in [5, 5.41) is 0. The van der Waals surface area contributed by atoms with E-state index in [1.54, 1.807) is 11.1 Å². The number of aromatic nitrogens is 1. The van der Waals surface area contributed by atoms with Crippen molar-refractivity contribution in [2.45, 2.75) is 51.4 Å². The average Bonchev–Trinajstić information content (AvgIpc) is 3.61. The molecule has 4 aromatic rings. The first kappa shape index (κ1) is 20.4. The molecular weight excluding hydrogens is 398 g/mol. The molecule has 1 heterocycles. The van der Waals surface area contributed by atoms with Crippen molar-refractivity contribution in [3.8, 4) is 22.4 Å². The van der Waals surface area contributed by atoms with Crippen molar-refractivity contribution in [1.29, 1.82) is 0 Å². The summed E-state index contributed by atoms with van der Waals surface area (Å²) in [6, 6.07) is 27.4. The fourth-order valence-corrected chi connectivity index (χ4v) is 6.23. The normalized spacial score (nSPS) is 16.9. The lowest BCUT2D eigenvalue weighted by Crippen LogP contribution is -2.33. The predicted molar refractivity (Wildman–Crippen MR) is 137 cm³/mol. The summed E-state index contributed by atoms with van der Waals surface area (Å²) in [7, 11) is 2.17. The van der Waals surface area contributed by atoms with Gasteiger partial charge in [-0.1, -0.05) is 68.4 Å². The fraction of sp³-hybridized carbons (Fsp3) is 0.281. The van der Waals surface area contributed by atoms with Gasteiger partial charge >= 0.3 is 0 Å². The molecule has 33 heavy (non-hydrogen) atoms. The molecule has 0 saturated heterocycles. The van der Waals surface area contributed by atoms with Gasteiger partial charge in [-0.25, -0.2) is 4.57 Å². The fourth-order valence-electron chi connectivity index (χ4n) is 6.23. The molecule has 6 rings (SSSR count). The van der Waals surface area contributed by atoms with Crippen LogP contribution >= 0.6 is 0 Å². The summed E-state index contributed by atoms with van der Waals surface area (Å²) in [6.45, 7) is 9.23. The second kappa shape index (κ2) is 6.90. The number of rotatable bonds is 2. The molecule has 3 aromatic carbocycles. The Kier molecular flexibility index (Phi) is 4.27.